The van der Waals surface area contributed by atoms with Crippen molar-refractivity contribution in [2.75, 3.05) is 11.4 Å². The van der Waals surface area contributed by atoms with Gasteiger partial charge in [0.1, 0.15) is 5.82 Å². The number of halogens is 1. The fourth-order valence-electron chi connectivity index (χ4n) is 2.70. The van der Waals surface area contributed by atoms with E-state index in [0.717, 1.165) is 18.7 Å². The van der Waals surface area contributed by atoms with Crippen molar-refractivity contribution in [1.29, 1.82) is 0 Å². The van der Waals surface area contributed by atoms with E-state index in [1.165, 1.54) is 25.0 Å². The first kappa shape index (κ1) is 12.4. The van der Waals surface area contributed by atoms with E-state index in [-0.39, 0.29) is 5.82 Å². The smallest absolute Gasteiger partial charge is 0.123 e. The van der Waals surface area contributed by atoms with Crippen molar-refractivity contribution in [2.45, 2.75) is 45.3 Å². The molecule has 2 nitrogen and oxygen atoms in total. The van der Waals surface area contributed by atoms with Gasteiger partial charge in [0.05, 0.1) is 6.10 Å². The molecule has 0 aromatic heterocycles. The van der Waals surface area contributed by atoms with E-state index in [0.29, 0.717) is 11.6 Å². The fraction of sp³-hybridized carbons (Fsp3) is 0.571. The molecule has 1 N–H and O–H groups in total. The summed E-state index contributed by atoms with van der Waals surface area (Å²) < 4.78 is 13.2. The van der Waals surface area contributed by atoms with Gasteiger partial charge in [-0.25, -0.2) is 4.39 Å². The third-order valence-corrected chi connectivity index (χ3v) is 3.60. The van der Waals surface area contributed by atoms with Crippen molar-refractivity contribution < 1.29 is 9.50 Å². The Hall–Kier alpha value is -1.09. The number of rotatable bonds is 3. The standard InChI is InChI=1S/C14H20FNO/c1-3-12-5-4-8-16(12)14-7-6-11(15)9-13(14)10(2)17/h6-7,9-10,12,17H,3-5,8H2,1-2H3. The van der Waals surface area contributed by atoms with E-state index in [1.807, 2.05) is 0 Å². The van der Waals surface area contributed by atoms with E-state index in [2.05, 4.69) is 11.8 Å². The summed E-state index contributed by atoms with van der Waals surface area (Å²) in [5.74, 6) is -0.281. The van der Waals surface area contributed by atoms with E-state index < -0.39 is 6.10 Å². The molecule has 94 valence electrons. The van der Waals surface area contributed by atoms with Gasteiger partial charge in [-0.05, 0) is 44.4 Å². The van der Waals surface area contributed by atoms with E-state index >= 15 is 0 Å². The number of hydrogen-bond donors (Lipinski definition) is 1. The number of aliphatic hydroxyl groups excluding tert-OH is 1. The first-order valence-electron chi connectivity index (χ1n) is 6.37. The van der Waals surface area contributed by atoms with Gasteiger partial charge in [-0.3, -0.25) is 0 Å². The number of nitrogens with zero attached hydrogens (tertiary/aromatic N) is 1. The van der Waals surface area contributed by atoms with Crippen molar-refractivity contribution in [1.82, 2.24) is 0 Å². The summed E-state index contributed by atoms with van der Waals surface area (Å²) in [5.41, 5.74) is 1.69. The molecule has 0 amide bonds. The number of aliphatic hydroxyl groups is 1. The molecular formula is C14H20FNO. The van der Waals surface area contributed by atoms with Crippen LogP contribution in [0, 0.1) is 5.82 Å². The first-order valence-corrected chi connectivity index (χ1v) is 6.37. The minimum atomic E-state index is -0.626. The largest absolute Gasteiger partial charge is 0.389 e. The quantitative estimate of drug-likeness (QED) is 0.872. The topological polar surface area (TPSA) is 23.5 Å². The summed E-state index contributed by atoms with van der Waals surface area (Å²) >= 11 is 0. The maximum Gasteiger partial charge on any atom is 0.123 e. The SMILES string of the molecule is CCC1CCCN1c1ccc(F)cc1C(C)O. The molecular weight excluding hydrogens is 217 g/mol. The highest BCUT2D eigenvalue weighted by Crippen LogP contribution is 2.33. The molecule has 0 aliphatic carbocycles. The molecule has 1 saturated heterocycles. The van der Waals surface area contributed by atoms with Crippen LogP contribution >= 0.6 is 0 Å². The highest BCUT2D eigenvalue weighted by Gasteiger charge is 2.25. The van der Waals surface area contributed by atoms with Crippen molar-refractivity contribution in [3.05, 3.63) is 29.6 Å². The highest BCUT2D eigenvalue weighted by molar-refractivity contribution is 5.56. The summed E-state index contributed by atoms with van der Waals surface area (Å²) in [4.78, 5) is 2.31. The molecule has 0 radical (unpaired) electrons. The van der Waals surface area contributed by atoms with Crippen LogP contribution in [0.3, 0.4) is 0 Å². The monoisotopic (exact) mass is 237 g/mol. The Balaban J connectivity index is 2.37. The Morgan fingerprint density at radius 1 is 1.53 bits per heavy atom. The summed E-state index contributed by atoms with van der Waals surface area (Å²) in [6.45, 7) is 4.87. The van der Waals surface area contributed by atoms with Crippen LogP contribution in [0.25, 0.3) is 0 Å². The van der Waals surface area contributed by atoms with Crippen LogP contribution in [0.5, 0.6) is 0 Å². The Bertz CT molecular complexity index is 392. The lowest BCUT2D eigenvalue weighted by Gasteiger charge is -2.29. The van der Waals surface area contributed by atoms with Gasteiger partial charge in [-0.2, -0.15) is 0 Å². The van der Waals surface area contributed by atoms with E-state index in [9.17, 15) is 9.50 Å². The molecule has 1 aliphatic rings. The lowest BCUT2D eigenvalue weighted by atomic mass is 10.1. The van der Waals surface area contributed by atoms with Crippen molar-refractivity contribution in [3.63, 3.8) is 0 Å². The Morgan fingerprint density at radius 2 is 2.29 bits per heavy atom. The minimum Gasteiger partial charge on any atom is -0.389 e. The Labute approximate surface area is 102 Å². The van der Waals surface area contributed by atoms with Crippen molar-refractivity contribution >= 4 is 5.69 Å². The minimum absolute atomic E-state index is 0.281. The molecule has 1 aliphatic heterocycles. The zero-order valence-electron chi connectivity index (χ0n) is 10.5. The zero-order chi connectivity index (χ0) is 12.4. The van der Waals surface area contributed by atoms with Crippen LogP contribution in [0.1, 0.15) is 44.8 Å². The summed E-state index contributed by atoms with van der Waals surface area (Å²) in [7, 11) is 0. The molecule has 0 bridgehead atoms. The van der Waals surface area contributed by atoms with Crippen LogP contribution in [-0.4, -0.2) is 17.7 Å². The summed E-state index contributed by atoms with van der Waals surface area (Å²) in [5, 5.41) is 9.75. The third kappa shape index (κ3) is 2.44. The molecule has 1 heterocycles. The second-order valence-corrected chi connectivity index (χ2v) is 4.78. The van der Waals surface area contributed by atoms with E-state index in [4.69, 9.17) is 0 Å². The van der Waals surface area contributed by atoms with E-state index in [1.54, 1.807) is 13.0 Å². The van der Waals surface area contributed by atoms with Gasteiger partial charge >= 0.3 is 0 Å². The zero-order valence-corrected chi connectivity index (χ0v) is 10.5. The second-order valence-electron chi connectivity index (χ2n) is 4.78. The average molecular weight is 237 g/mol. The van der Waals surface area contributed by atoms with Crippen LogP contribution in [0.4, 0.5) is 10.1 Å². The van der Waals surface area contributed by atoms with Gasteiger partial charge < -0.3 is 10.0 Å². The Kier molecular flexibility index (Phi) is 3.67. The normalized spacial score (nSPS) is 21.9. The second kappa shape index (κ2) is 5.05. The average Bonchev–Trinajstić information content (AvgIpc) is 2.76. The number of benzene rings is 1. The van der Waals surface area contributed by atoms with Crippen LogP contribution < -0.4 is 4.90 Å². The van der Waals surface area contributed by atoms with Crippen molar-refractivity contribution in [2.24, 2.45) is 0 Å². The van der Waals surface area contributed by atoms with Gasteiger partial charge in [0, 0.05) is 23.8 Å². The predicted molar refractivity (Wildman–Crippen MR) is 67.7 cm³/mol. The summed E-state index contributed by atoms with van der Waals surface area (Å²) in [6, 6.07) is 5.25. The maximum atomic E-state index is 13.2. The predicted octanol–water partition coefficient (Wildman–Crippen LogP) is 3.26. The molecule has 17 heavy (non-hydrogen) atoms. The molecule has 1 aromatic carbocycles. The van der Waals surface area contributed by atoms with Crippen molar-refractivity contribution in [3.8, 4) is 0 Å². The highest BCUT2D eigenvalue weighted by atomic mass is 19.1. The molecule has 2 unspecified atom stereocenters. The number of anilines is 1. The summed E-state index contributed by atoms with van der Waals surface area (Å²) in [6.07, 6.45) is 2.83. The maximum absolute atomic E-state index is 13.2. The van der Waals surface area contributed by atoms with Gasteiger partial charge in [-0.1, -0.05) is 6.92 Å². The molecule has 1 aromatic rings. The number of hydrogen-bond acceptors (Lipinski definition) is 2. The molecule has 0 saturated carbocycles. The van der Waals surface area contributed by atoms with Crippen LogP contribution in [-0.2, 0) is 0 Å². The molecule has 3 heteroatoms. The van der Waals surface area contributed by atoms with Crippen LogP contribution in [0.2, 0.25) is 0 Å². The van der Waals surface area contributed by atoms with Crippen LogP contribution in [0.15, 0.2) is 18.2 Å². The fourth-order valence-corrected chi connectivity index (χ4v) is 2.70. The lowest BCUT2D eigenvalue weighted by Crippen LogP contribution is -2.29. The van der Waals surface area contributed by atoms with Gasteiger partial charge in [0.15, 0.2) is 0 Å². The third-order valence-electron chi connectivity index (χ3n) is 3.60. The Morgan fingerprint density at radius 3 is 2.94 bits per heavy atom. The molecule has 0 spiro atoms. The first-order chi connectivity index (χ1) is 8.13. The lowest BCUT2D eigenvalue weighted by molar-refractivity contribution is 0.199. The molecule has 2 atom stereocenters. The van der Waals surface area contributed by atoms with Gasteiger partial charge in [0.2, 0.25) is 0 Å². The van der Waals surface area contributed by atoms with Gasteiger partial charge in [0.25, 0.3) is 0 Å². The molecule has 1 fully saturated rings. The molecule has 2 rings (SSSR count). The van der Waals surface area contributed by atoms with Gasteiger partial charge in [-0.15, -0.1) is 0 Å².